The standard InChI is InChI=1S/C13H19N3O/c1-10-4-2-6-12(15-10)11-5-3-7-16(9-11)13(17)8-14/h2,4,6,11H,3,5,7-9,14H2,1H3/t11-/m1/s1. The summed E-state index contributed by atoms with van der Waals surface area (Å²) >= 11 is 0. The molecule has 0 aliphatic carbocycles. The summed E-state index contributed by atoms with van der Waals surface area (Å²) in [6.07, 6.45) is 2.14. The molecule has 17 heavy (non-hydrogen) atoms. The Kier molecular flexibility index (Phi) is 3.74. The Bertz CT molecular complexity index is 405. The van der Waals surface area contributed by atoms with Gasteiger partial charge in [-0.05, 0) is 31.9 Å². The number of aromatic nitrogens is 1. The quantitative estimate of drug-likeness (QED) is 0.830. The van der Waals surface area contributed by atoms with Crippen molar-refractivity contribution in [1.29, 1.82) is 0 Å². The van der Waals surface area contributed by atoms with Gasteiger partial charge in [-0.3, -0.25) is 9.78 Å². The van der Waals surface area contributed by atoms with Crippen LogP contribution in [0.4, 0.5) is 0 Å². The van der Waals surface area contributed by atoms with Crippen LogP contribution in [-0.4, -0.2) is 35.4 Å². The highest BCUT2D eigenvalue weighted by molar-refractivity contribution is 5.78. The molecule has 1 fully saturated rings. The molecule has 2 N–H and O–H groups in total. The van der Waals surface area contributed by atoms with Crippen LogP contribution >= 0.6 is 0 Å². The van der Waals surface area contributed by atoms with E-state index in [2.05, 4.69) is 4.98 Å². The van der Waals surface area contributed by atoms with Gasteiger partial charge in [0.15, 0.2) is 0 Å². The number of hydrogen-bond acceptors (Lipinski definition) is 3. The molecule has 1 aliphatic heterocycles. The van der Waals surface area contributed by atoms with Gasteiger partial charge in [0.05, 0.1) is 6.54 Å². The Morgan fingerprint density at radius 1 is 1.59 bits per heavy atom. The Morgan fingerprint density at radius 2 is 2.41 bits per heavy atom. The Labute approximate surface area is 102 Å². The monoisotopic (exact) mass is 233 g/mol. The van der Waals surface area contributed by atoms with Gasteiger partial charge in [0.2, 0.25) is 5.91 Å². The van der Waals surface area contributed by atoms with Crippen molar-refractivity contribution in [2.24, 2.45) is 5.73 Å². The van der Waals surface area contributed by atoms with Crippen molar-refractivity contribution in [2.45, 2.75) is 25.7 Å². The molecular formula is C13H19N3O. The van der Waals surface area contributed by atoms with Gasteiger partial charge < -0.3 is 10.6 Å². The van der Waals surface area contributed by atoms with Crippen molar-refractivity contribution in [3.63, 3.8) is 0 Å². The molecule has 0 unspecified atom stereocenters. The lowest BCUT2D eigenvalue weighted by Gasteiger charge is -2.32. The van der Waals surface area contributed by atoms with Crippen molar-refractivity contribution >= 4 is 5.91 Å². The minimum Gasteiger partial charge on any atom is -0.341 e. The van der Waals surface area contributed by atoms with Crippen LogP contribution in [0.5, 0.6) is 0 Å². The van der Waals surface area contributed by atoms with Gasteiger partial charge in [-0.1, -0.05) is 6.07 Å². The number of aryl methyl sites for hydroxylation is 1. The number of amides is 1. The summed E-state index contributed by atoms with van der Waals surface area (Å²) in [7, 11) is 0. The zero-order valence-electron chi connectivity index (χ0n) is 10.2. The van der Waals surface area contributed by atoms with Crippen molar-refractivity contribution in [3.8, 4) is 0 Å². The molecule has 92 valence electrons. The molecule has 2 rings (SSSR count). The lowest BCUT2D eigenvalue weighted by molar-refractivity contribution is -0.130. The number of nitrogens with zero attached hydrogens (tertiary/aromatic N) is 2. The lowest BCUT2D eigenvalue weighted by Crippen LogP contribution is -2.42. The van der Waals surface area contributed by atoms with E-state index in [1.54, 1.807) is 0 Å². The number of pyridine rings is 1. The van der Waals surface area contributed by atoms with Gasteiger partial charge in [0.1, 0.15) is 0 Å². The van der Waals surface area contributed by atoms with Gasteiger partial charge in [0, 0.05) is 30.4 Å². The zero-order valence-corrected chi connectivity index (χ0v) is 10.2. The van der Waals surface area contributed by atoms with Crippen LogP contribution in [0.2, 0.25) is 0 Å². The normalized spacial score (nSPS) is 20.4. The Balaban J connectivity index is 2.09. The summed E-state index contributed by atoms with van der Waals surface area (Å²) < 4.78 is 0. The van der Waals surface area contributed by atoms with Gasteiger partial charge in [-0.25, -0.2) is 0 Å². The zero-order chi connectivity index (χ0) is 12.3. The number of piperidine rings is 1. The van der Waals surface area contributed by atoms with E-state index in [0.29, 0.717) is 5.92 Å². The second-order valence-electron chi connectivity index (χ2n) is 4.59. The van der Waals surface area contributed by atoms with Gasteiger partial charge in [0.25, 0.3) is 0 Å². The van der Waals surface area contributed by atoms with Crippen molar-refractivity contribution in [1.82, 2.24) is 9.88 Å². The number of rotatable bonds is 2. The topological polar surface area (TPSA) is 59.2 Å². The summed E-state index contributed by atoms with van der Waals surface area (Å²) in [6.45, 7) is 3.69. The maximum Gasteiger partial charge on any atom is 0.236 e. The highest BCUT2D eigenvalue weighted by atomic mass is 16.2. The minimum atomic E-state index is 0.0438. The summed E-state index contributed by atoms with van der Waals surface area (Å²) in [5.41, 5.74) is 7.53. The molecule has 1 aliphatic rings. The second kappa shape index (κ2) is 5.27. The summed E-state index contributed by atoms with van der Waals surface area (Å²) in [6, 6.07) is 6.07. The number of hydrogen-bond donors (Lipinski definition) is 1. The molecule has 2 heterocycles. The molecule has 1 aromatic rings. The third kappa shape index (κ3) is 2.82. The molecule has 0 radical (unpaired) electrons. The van der Waals surface area contributed by atoms with E-state index in [-0.39, 0.29) is 12.5 Å². The van der Waals surface area contributed by atoms with Crippen molar-refractivity contribution in [2.75, 3.05) is 19.6 Å². The number of nitrogens with two attached hydrogens (primary N) is 1. The second-order valence-corrected chi connectivity index (χ2v) is 4.59. The van der Waals surface area contributed by atoms with E-state index < -0.39 is 0 Å². The van der Waals surface area contributed by atoms with Gasteiger partial charge in [-0.2, -0.15) is 0 Å². The Hall–Kier alpha value is -1.42. The summed E-state index contributed by atoms with van der Waals surface area (Å²) in [5, 5.41) is 0. The van der Waals surface area contributed by atoms with E-state index in [1.165, 1.54) is 0 Å². The van der Waals surface area contributed by atoms with Crippen LogP contribution < -0.4 is 5.73 Å². The van der Waals surface area contributed by atoms with Crippen LogP contribution in [0.1, 0.15) is 30.1 Å². The van der Waals surface area contributed by atoms with Crippen LogP contribution in [-0.2, 0) is 4.79 Å². The molecule has 0 aromatic carbocycles. The van der Waals surface area contributed by atoms with Crippen molar-refractivity contribution < 1.29 is 4.79 Å². The molecule has 0 spiro atoms. The molecular weight excluding hydrogens is 214 g/mol. The average molecular weight is 233 g/mol. The number of likely N-dealkylation sites (tertiary alicyclic amines) is 1. The van der Waals surface area contributed by atoms with Crippen LogP contribution in [0.15, 0.2) is 18.2 Å². The van der Waals surface area contributed by atoms with Crippen molar-refractivity contribution in [3.05, 3.63) is 29.6 Å². The number of carbonyl (C=O) groups is 1. The lowest BCUT2D eigenvalue weighted by atomic mass is 9.94. The first-order chi connectivity index (χ1) is 8.20. The van der Waals surface area contributed by atoms with Gasteiger partial charge in [-0.15, -0.1) is 0 Å². The maximum absolute atomic E-state index is 11.6. The first kappa shape index (κ1) is 12.0. The fraction of sp³-hybridized carbons (Fsp3) is 0.538. The first-order valence-corrected chi connectivity index (χ1v) is 6.12. The molecule has 0 saturated carbocycles. The van der Waals surface area contributed by atoms with E-state index in [0.717, 1.165) is 37.3 Å². The van der Waals surface area contributed by atoms with Gasteiger partial charge >= 0.3 is 0 Å². The van der Waals surface area contributed by atoms with E-state index in [9.17, 15) is 4.79 Å². The summed E-state index contributed by atoms with van der Waals surface area (Å²) in [4.78, 5) is 18.0. The first-order valence-electron chi connectivity index (χ1n) is 6.12. The third-order valence-electron chi connectivity index (χ3n) is 3.28. The SMILES string of the molecule is Cc1cccc([C@@H]2CCCN(C(=O)CN)C2)n1. The Morgan fingerprint density at radius 3 is 3.12 bits per heavy atom. The molecule has 1 amide bonds. The largest absolute Gasteiger partial charge is 0.341 e. The fourth-order valence-corrected chi connectivity index (χ4v) is 2.37. The molecule has 1 aromatic heterocycles. The molecule has 0 bridgehead atoms. The van der Waals surface area contributed by atoms with Crippen LogP contribution in [0, 0.1) is 6.92 Å². The predicted octanol–water partition coefficient (Wildman–Crippen LogP) is 1.05. The smallest absolute Gasteiger partial charge is 0.236 e. The average Bonchev–Trinajstić information content (AvgIpc) is 2.38. The fourth-order valence-electron chi connectivity index (χ4n) is 2.37. The van der Waals surface area contributed by atoms with Crippen LogP contribution in [0.3, 0.4) is 0 Å². The highest BCUT2D eigenvalue weighted by Gasteiger charge is 2.24. The third-order valence-corrected chi connectivity index (χ3v) is 3.28. The highest BCUT2D eigenvalue weighted by Crippen LogP contribution is 2.25. The van der Waals surface area contributed by atoms with E-state index >= 15 is 0 Å². The molecule has 1 atom stereocenters. The minimum absolute atomic E-state index is 0.0438. The molecule has 1 saturated heterocycles. The maximum atomic E-state index is 11.6. The number of carbonyl (C=O) groups excluding carboxylic acids is 1. The molecule has 4 nitrogen and oxygen atoms in total. The predicted molar refractivity (Wildman–Crippen MR) is 66.6 cm³/mol. The van der Waals surface area contributed by atoms with E-state index in [4.69, 9.17) is 5.73 Å². The van der Waals surface area contributed by atoms with Crippen LogP contribution in [0.25, 0.3) is 0 Å². The summed E-state index contributed by atoms with van der Waals surface area (Å²) in [5.74, 6) is 0.404. The molecule has 4 heteroatoms. The van der Waals surface area contributed by atoms with E-state index in [1.807, 2.05) is 30.0 Å².